The van der Waals surface area contributed by atoms with Crippen LogP contribution in [0.1, 0.15) is 28.6 Å². The Bertz CT molecular complexity index is 780. The number of benzene rings is 1. The second-order valence-electron chi connectivity index (χ2n) is 5.30. The van der Waals surface area contributed by atoms with Crippen LogP contribution in [0.3, 0.4) is 0 Å². The number of pyridine rings is 2. The molecule has 1 N–H and O–H groups in total. The van der Waals surface area contributed by atoms with Crippen molar-refractivity contribution in [3.63, 3.8) is 0 Å². The molecule has 0 radical (unpaired) electrons. The Hall–Kier alpha value is -2.26. The van der Waals surface area contributed by atoms with Crippen LogP contribution in [0.5, 0.6) is 0 Å². The van der Waals surface area contributed by atoms with Crippen molar-refractivity contribution in [2.75, 3.05) is 7.05 Å². The highest BCUT2D eigenvalue weighted by molar-refractivity contribution is 5.79. The van der Waals surface area contributed by atoms with E-state index in [4.69, 9.17) is 0 Å². The Morgan fingerprint density at radius 2 is 1.90 bits per heavy atom. The summed E-state index contributed by atoms with van der Waals surface area (Å²) in [5, 5.41) is 4.56. The van der Waals surface area contributed by atoms with Crippen LogP contribution in [0.4, 0.5) is 0 Å². The van der Waals surface area contributed by atoms with Crippen molar-refractivity contribution >= 4 is 10.9 Å². The van der Waals surface area contributed by atoms with Gasteiger partial charge in [0.2, 0.25) is 0 Å². The van der Waals surface area contributed by atoms with Gasteiger partial charge in [0.05, 0.1) is 11.6 Å². The molecule has 0 saturated carbocycles. The molecule has 0 saturated heterocycles. The van der Waals surface area contributed by atoms with Gasteiger partial charge >= 0.3 is 0 Å². The number of aryl methyl sites for hydroxylation is 2. The molecule has 106 valence electrons. The van der Waals surface area contributed by atoms with Gasteiger partial charge in [0.25, 0.3) is 0 Å². The predicted octanol–water partition coefficient (Wildman–Crippen LogP) is 3.56. The standard InChI is InChI=1S/C18H19N3/c1-12-6-8-16(13(2)21-12)18(19-3)15-7-9-17-14(11-15)5-4-10-20-17/h4-11,18-19H,1-3H3. The minimum Gasteiger partial charge on any atom is -0.309 e. The van der Waals surface area contributed by atoms with Crippen molar-refractivity contribution < 1.29 is 0 Å². The number of aromatic nitrogens is 2. The molecule has 3 aromatic rings. The predicted molar refractivity (Wildman–Crippen MR) is 86.4 cm³/mol. The Kier molecular flexibility index (Phi) is 3.67. The third kappa shape index (κ3) is 2.65. The van der Waals surface area contributed by atoms with Crippen LogP contribution in [-0.4, -0.2) is 17.0 Å². The van der Waals surface area contributed by atoms with E-state index in [1.807, 2.05) is 26.2 Å². The van der Waals surface area contributed by atoms with Crippen molar-refractivity contribution in [2.45, 2.75) is 19.9 Å². The van der Waals surface area contributed by atoms with Crippen LogP contribution >= 0.6 is 0 Å². The lowest BCUT2D eigenvalue weighted by Gasteiger charge is -2.19. The van der Waals surface area contributed by atoms with Crippen LogP contribution in [-0.2, 0) is 0 Å². The molecule has 3 rings (SSSR count). The summed E-state index contributed by atoms with van der Waals surface area (Å²) in [6, 6.07) is 14.8. The van der Waals surface area contributed by atoms with E-state index in [9.17, 15) is 0 Å². The third-order valence-electron chi connectivity index (χ3n) is 3.83. The van der Waals surface area contributed by atoms with E-state index in [0.29, 0.717) is 0 Å². The van der Waals surface area contributed by atoms with Gasteiger partial charge < -0.3 is 5.32 Å². The van der Waals surface area contributed by atoms with Gasteiger partial charge in [-0.3, -0.25) is 9.97 Å². The number of hydrogen-bond donors (Lipinski definition) is 1. The maximum absolute atomic E-state index is 4.58. The van der Waals surface area contributed by atoms with Gasteiger partial charge in [0, 0.05) is 23.0 Å². The number of nitrogens with zero attached hydrogens (tertiary/aromatic N) is 2. The SMILES string of the molecule is CNC(c1ccc2ncccc2c1)c1ccc(C)nc1C. The van der Waals surface area contributed by atoms with E-state index >= 15 is 0 Å². The molecule has 3 heteroatoms. The van der Waals surface area contributed by atoms with Gasteiger partial charge in [-0.1, -0.05) is 18.2 Å². The molecule has 2 heterocycles. The lowest BCUT2D eigenvalue weighted by atomic mass is 9.96. The fourth-order valence-corrected chi connectivity index (χ4v) is 2.78. The van der Waals surface area contributed by atoms with E-state index in [-0.39, 0.29) is 6.04 Å². The summed E-state index contributed by atoms with van der Waals surface area (Å²) in [4.78, 5) is 8.95. The smallest absolute Gasteiger partial charge is 0.0702 e. The average molecular weight is 277 g/mol. The summed E-state index contributed by atoms with van der Waals surface area (Å²) in [7, 11) is 1.98. The van der Waals surface area contributed by atoms with Crippen molar-refractivity contribution in [3.05, 3.63) is 71.2 Å². The first kappa shape index (κ1) is 13.7. The normalized spacial score (nSPS) is 12.5. The Morgan fingerprint density at radius 3 is 2.67 bits per heavy atom. The zero-order chi connectivity index (χ0) is 14.8. The van der Waals surface area contributed by atoms with Crippen LogP contribution in [0.25, 0.3) is 10.9 Å². The van der Waals surface area contributed by atoms with Gasteiger partial charge in [-0.05, 0) is 56.3 Å². The van der Waals surface area contributed by atoms with E-state index in [1.165, 1.54) is 11.1 Å². The van der Waals surface area contributed by atoms with Gasteiger partial charge in [-0.25, -0.2) is 0 Å². The molecule has 0 aliphatic carbocycles. The first-order chi connectivity index (χ1) is 10.2. The monoisotopic (exact) mass is 277 g/mol. The Morgan fingerprint density at radius 1 is 1.05 bits per heavy atom. The summed E-state index contributed by atoms with van der Waals surface area (Å²) in [6.07, 6.45) is 1.83. The highest BCUT2D eigenvalue weighted by Crippen LogP contribution is 2.26. The van der Waals surface area contributed by atoms with Gasteiger partial charge in [0.15, 0.2) is 0 Å². The van der Waals surface area contributed by atoms with E-state index in [2.05, 4.69) is 58.6 Å². The fraction of sp³-hybridized carbons (Fsp3) is 0.222. The maximum atomic E-state index is 4.58. The Balaban J connectivity index is 2.09. The maximum Gasteiger partial charge on any atom is 0.0702 e. The van der Waals surface area contributed by atoms with E-state index in [0.717, 1.165) is 22.3 Å². The van der Waals surface area contributed by atoms with Crippen LogP contribution in [0, 0.1) is 13.8 Å². The molecule has 0 aliphatic rings. The number of fused-ring (bicyclic) bond motifs is 1. The van der Waals surface area contributed by atoms with Crippen molar-refractivity contribution in [3.8, 4) is 0 Å². The molecule has 21 heavy (non-hydrogen) atoms. The van der Waals surface area contributed by atoms with Gasteiger partial charge in [0.1, 0.15) is 0 Å². The highest BCUT2D eigenvalue weighted by atomic mass is 14.9. The molecule has 1 atom stereocenters. The van der Waals surface area contributed by atoms with Crippen LogP contribution in [0.2, 0.25) is 0 Å². The molecule has 2 aromatic heterocycles. The minimum absolute atomic E-state index is 0.141. The molecular weight excluding hydrogens is 258 g/mol. The lowest BCUT2D eigenvalue weighted by molar-refractivity contribution is 0.683. The molecule has 0 fully saturated rings. The van der Waals surface area contributed by atoms with Crippen LogP contribution in [0.15, 0.2) is 48.7 Å². The number of hydrogen-bond acceptors (Lipinski definition) is 3. The summed E-state index contributed by atoms with van der Waals surface area (Å²) in [5.74, 6) is 0. The zero-order valence-corrected chi connectivity index (χ0v) is 12.6. The van der Waals surface area contributed by atoms with E-state index in [1.54, 1.807) is 0 Å². The molecule has 0 amide bonds. The molecule has 1 unspecified atom stereocenters. The van der Waals surface area contributed by atoms with Crippen molar-refractivity contribution in [2.24, 2.45) is 0 Å². The summed E-state index contributed by atoms with van der Waals surface area (Å²) in [5.41, 5.74) is 5.59. The highest BCUT2D eigenvalue weighted by Gasteiger charge is 2.15. The Labute approximate surface area is 125 Å². The van der Waals surface area contributed by atoms with Crippen LogP contribution < -0.4 is 5.32 Å². The third-order valence-corrected chi connectivity index (χ3v) is 3.83. The first-order valence-corrected chi connectivity index (χ1v) is 7.15. The summed E-state index contributed by atoms with van der Waals surface area (Å²) < 4.78 is 0. The molecule has 0 spiro atoms. The second kappa shape index (κ2) is 5.62. The van der Waals surface area contributed by atoms with Crippen molar-refractivity contribution in [1.82, 2.24) is 15.3 Å². The number of rotatable bonds is 3. The second-order valence-corrected chi connectivity index (χ2v) is 5.30. The summed E-state index contributed by atoms with van der Waals surface area (Å²) >= 11 is 0. The quantitative estimate of drug-likeness (QED) is 0.795. The zero-order valence-electron chi connectivity index (χ0n) is 12.6. The van der Waals surface area contributed by atoms with Gasteiger partial charge in [-0.15, -0.1) is 0 Å². The molecular formula is C18H19N3. The lowest BCUT2D eigenvalue weighted by Crippen LogP contribution is -2.19. The topological polar surface area (TPSA) is 37.8 Å². The largest absolute Gasteiger partial charge is 0.309 e. The molecule has 0 bridgehead atoms. The molecule has 0 aliphatic heterocycles. The van der Waals surface area contributed by atoms with Gasteiger partial charge in [-0.2, -0.15) is 0 Å². The number of nitrogens with one attached hydrogen (secondary N) is 1. The minimum atomic E-state index is 0.141. The average Bonchev–Trinajstić information content (AvgIpc) is 2.50. The van der Waals surface area contributed by atoms with Crippen molar-refractivity contribution in [1.29, 1.82) is 0 Å². The summed E-state index contributed by atoms with van der Waals surface area (Å²) in [6.45, 7) is 4.09. The first-order valence-electron chi connectivity index (χ1n) is 7.15. The van der Waals surface area contributed by atoms with E-state index < -0.39 is 0 Å². The molecule has 3 nitrogen and oxygen atoms in total. The fourth-order valence-electron chi connectivity index (χ4n) is 2.78. The molecule has 1 aromatic carbocycles.